The predicted octanol–water partition coefficient (Wildman–Crippen LogP) is 1.74. The lowest BCUT2D eigenvalue weighted by Gasteiger charge is -2.21. The van der Waals surface area contributed by atoms with Crippen molar-refractivity contribution in [2.45, 2.75) is 33.4 Å². The van der Waals surface area contributed by atoms with Gasteiger partial charge < -0.3 is 15.5 Å². The Labute approximate surface area is 120 Å². The van der Waals surface area contributed by atoms with E-state index in [9.17, 15) is 9.59 Å². The summed E-state index contributed by atoms with van der Waals surface area (Å²) in [5.74, 6) is -0.142. The normalized spacial score (nSPS) is 10.2. The first kappa shape index (κ1) is 16.0. The summed E-state index contributed by atoms with van der Waals surface area (Å²) in [6.45, 7) is 6.67. The van der Waals surface area contributed by atoms with E-state index in [1.165, 1.54) is 4.90 Å². The van der Waals surface area contributed by atoms with Crippen molar-refractivity contribution in [3.63, 3.8) is 0 Å². The molecule has 0 radical (unpaired) electrons. The van der Waals surface area contributed by atoms with Crippen molar-refractivity contribution in [2.24, 2.45) is 0 Å². The Kier molecular flexibility index (Phi) is 6.56. The Bertz CT molecular complexity index is 432. The molecule has 1 rings (SSSR count). The highest BCUT2D eigenvalue weighted by Crippen LogP contribution is 1.98. The fourth-order valence-corrected chi connectivity index (χ4v) is 1.75. The van der Waals surface area contributed by atoms with E-state index >= 15 is 0 Å². The summed E-state index contributed by atoms with van der Waals surface area (Å²) in [7, 11) is 0. The summed E-state index contributed by atoms with van der Waals surface area (Å²) in [6.07, 6.45) is 0. The number of amides is 3. The lowest BCUT2D eigenvalue weighted by Crippen LogP contribution is -2.46. The average molecular weight is 277 g/mol. The van der Waals surface area contributed by atoms with Crippen molar-refractivity contribution in [3.05, 3.63) is 35.9 Å². The zero-order valence-corrected chi connectivity index (χ0v) is 12.3. The molecule has 2 N–H and O–H groups in total. The number of urea groups is 1. The van der Waals surface area contributed by atoms with Crippen LogP contribution >= 0.6 is 0 Å². The SMILES string of the molecule is CCN(CC(=O)NC(C)C)C(=O)NCc1ccccc1. The van der Waals surface area contributed by atoms with E-state index in [2.05, 4.69) is 10.6 Å². The van der Waals surface area contributed by atoms with Gasteiger partial charge in [-0.25, -0.2) is 4.79 Å². The van der Waals surface area contributed by atoms with Crippen molar-refractivity contribution in [2.75, 3.05) is 13.1 Å². The van der Waals surface area contributed by atoms with Gasteiger partial charge in [-0.2, -0.15) is 0 Å². The highest BCUT2D eigenvalue weighted by molar-refractivity contribution is 5.84. The molecule has 0 unspecified atom stereocenters. The molecule has 1 aromatic rings. The van der Waals surface area contributed by atoms with Gasteiger partial charge in [-0.15, -0.1) is 0 Å². The maximum Gasteiger partial charge on any atom is 0.318 e. The van der Waals surface area contributed by atoms with Crippen molar-refractivity contribution < 1.29 is 9.59 Å². The predicted molar refractivity (Wildman–Crippen MR) is 79.2 cm³/mol. The summed E-state index contributed by atoms with van der Waals surface area (Å²) in [5, 5.41) is 5.59. The quantitative estimate of drug-likeness (QED) is 0.832. The van der Waals surface area contributed by atoms with Gasteiger partial charge in [0.1, 0.15) is 6.54 Å². The van der Waals surface area contributed by atoms with Crippen LogP contribution in [0.4, 0.5) is 4.79 Å². The van der Waals surface area contributed by atoms with E-state index < -0.39 is 0 Å². The molecule has 0 heterocycles. The van der Waals surface area contributed by atoms with Crippen LogP contribution in [0.2, 0.25) is 0 Å². The number of carbonyl (C=O) groups excluding carboxylic acids is 2. The standard InChI is InChI=1S/C15H23N3O2/c1-4-18(11-14(19)17-12(2)3)15(20)16-10-13-8-6-5-7-9-13/h5-9,12H,4,10-11H2,1-3H3,(H,16,20)(H,17,19). The number of benzene rings is 1. The number of hydrogen-bond acceptors (Lipinski definition) is 2. The van der Waals surface area contributed by atoms with Crippen molar-refractivity contribution in [3.8, 4) is 0 Å². The van der Waals surface area contributed by atoms with Crippen molar-refractivity contribution >= 4 is 11.9 Å². The fourth-order valence-electron chi connectivity index (χ4n) is 1.75. The van der Waals surface area contributed by atoms with Crippen LogP contribution in [-0.2, 0) is 11.3 Å². The molecule has 1 aromatic carbocycles. The first-order valence-electron chi connectivity index (χ1n) is 6.89. The number of rotatable bonds is 6. The van der Waals surface area contributed by atoms with Crippen molar-refractivity contribution in [1.82, 2.24) is 15.5 Å². The van der Waals surface area contributed by atoms with Crippen LogP contribution in [0.5, 0.6) is 0 Å². The number of nitrogens with one attached hydrogen (secondary N) is 2. The molecule has 0 aliphatic rings. The summed E-state index contributed by atoms with van der Waals surface area (Å²) in [4.78, 5) is 25.2. The fraction of sp³-hybridized carbons (Fsp3) is 0.467. The van der Waals surface area contributed by atoms with E-state index in [0.29, 0.717) is 13.1 Å². The minimum atomic E-state index is -0.227. The Hall–Kier alpha value is -2.04. The van der Waals surface area contributed by atoms with Gasteiger partial charge in [0.25, 0.3) is 0 Å². The maximum atomic E-state index is 12.0. The topological polar surface area (TPSA) is 61.4 Å². The van der Waals surface area contributed by atoms with Crippen LogP contribution in [0.3, 0.4) is 0 Å². The molecule has 0 fully saturated rings. The van der Waals surface area contributed by atoms with E-state index in [0.717, 1.165) is 5.56 Å². The summed E-state index contributed by atoms with van der Waals surface area (Å²) in [5.41, 5.74) is 1.03. The molecule has 110 valence electrons. The second-order valence-electron chi connectivity index (χ2n) is 4.88. The number of nitrogens with zero attached hydrogens (tertiary/aromatic N) is 1. The molecule has 3 amide bonds. The number of carbonyl (C=O) groups is 2. The van der Waals surface area contributed by atoms with Crippen LogP contribution in [0.15, 0.2) is 30.3 Å². The molecular formula is C15H23N3O2. The van der Waals surface area contributed by atoms with Gasteiger partial charge in [0.05, 0.1) is 0 Å². The molecule has 20 heavy (non-hydrogen) atoms. The highest BCUT2D eigenvalue weighted by atomic mass is 16.2. The van der Waals surface area contributed by atoms with Crippen molar-refractivity contribution in [1.29, 1.82) is 0 Å². The zero-order valence-electron chi connectivity index (χ0n) is 12.3. The third-order valence-electron chi connectivity index (χ3n) is 2.74. The molecule has 0 saturated heterocycles. The van der Waals surface area contributed by atoms with Crippen LogP contribution < -0.4 is 10.6 Å². The van der Waals surface area contributed by atoms with Gasteiger partial charge in [-0.3, -0.25) is 4.79 Å². The molecule has 0 bridgehead atoms. The highest BCUT2D eigenvalue weighted by Gasteiger charge is 2.15. The summed E-state index contributed by atoms with van der Waals surface area (Å²) < 4.78 is 0. The van der Waals surface area contributed by atoms with Gasteiger partial charge in [-0.05, 0) is 26.3 Å². The third kappa shape index (κ3) is 5.73. The molecule has 0 saturated carbocycles. The third-order valence-corrected chi connectivity index (χ3v) is 2.74. The molecular weight excluding hydrogens is 254 g/mol. The van der Waals surface area contributed by atoms with Crippen LogP contribution in [0, 0.1) is 0 Å². The molecule has 0 spiro atoms. The Balaban J connectivity index is 2.44. The maximum absolute atomic E-state index is 12.0. The van der Waals surface area contributed by atoms with Crippen LogP contribution in [0.1, 0.15) is 26.3 Å². The summed E-state index contributed by atoms with van der Waals surface area (Å²) >= 11 is 0. The minimum absolute atomic E-state index is 0.0774. The van der Waals surface area contributed by atoms with Gasteiger partial charge in [-0.1, -0.05) is 30.3 Å². The number of likely N-dealkylation sites (N-methyl/N-ethyl adjacent to an activating group) is 1. The first-order chi connectivity index (χ1) is 9.52. The molecule has 5 heteroatoms. The first-order valence-corrected chi connectivity index (χ1v) is 6.89. The van der Waals surface area contributed by atoms with E-state index in [1.54, 1.807) is 0 Å². The smallest absolute Gasteiger partial charge is 0.318 e. The lowest BCUT2D eigenvalue weighted by molar-refractivity contribution is -0.122. The van der Waals surface area contributed by atoms with Crippen LogP contribution in [0.25, 0.3) is 0 Å². The Morgan fingerprint density at radius 2 is 1.85 bits per heavy atom. The monoisotopic (exact) mass is 277 g/mol. The van der Waals surface area contributed by atoms with E-state index in [4.69, 9.17) is 0 Å². The molecule has 0 atom stereocenters. The second-order valence-corrected chi connectivity index (χ2v) is 4.88. The Morgan fingerprint density at radius 1 is 1.20 bits per heavy atom. The minimum Gasteiger partial charge on any atom is -0.352 e. The lowest BCUT2D eigenvalue weighted by atomic mass is 10.2. The second kappa shape index (κ2) is 8.19. The average Bonchev–Trinajstić information content (AvgIpc) is 2.42. The van der Waals surface area contributed by atoms with Gasteiger partial charge in [0, 0.05) is 19.1 Å². The molecule has 5 nitrogen and oxygen atoms in total. The van der Waals surface area contributed by atoms with Gasteiger partial charge in [0.2, 0.25) is 5.91 Å². The number of hydrogen-bond donors (Lipinski definition) is 2. The molecule has 0 aliphatic carbocycles. The van der Waals surface area contributed by atoms with Gasteiger partial charge in [0.15, 0.2) is 0 Å². The summed E-state index contributed by atoms with van der Waals surface area (Å²) in [6, 6.07) is 9.53. The van der Waals surface area contributed by atoms with E-state index in [1.807, 2.05) is 51.1 Å². The molecule has 0 aliphatic heterocycles. The largest absolute Gasteiger partial charge is 0.352 e. The van der Waals surface area contributed by atoms with E-state index in [-0.39, 0.29) is 24.5 Å². The van der Waals surface area contributed by atoms with Gasteiger partial charge >= 0.3 is 6.03 Å². The molecule has 0 aromatic heterocycles. The zero-order chi connectivity index (χ0) is 15.0. The Morgan fingerprint density at radius 3 is 2.40 bits per heavy atom. The van der Waals surface area contributed by atoms with Crippen LogP contribution in [-0.4, -0.2) is 36.0 Å².